The Balaban J connectivity index is 1.41. The van der Waals surface area contributed by atoms with E-state index in [4.69, 9.17) is 4.74 Å². The number of ether oxygens (including phenoxy) is 1. The molecule has 0 saturated carbocycles. The number of carbonyl (C=O) groups is 1. The molecule has 3 aromatic carbocycles. The molecule has 0 unspecified atom stereocenters. The molecule has 7 heteroatoms. The van der Waals surface area contributed by atoms with Gasteiger partial charge in [-0.1, -0.05) is 47.7 Å². The van der Waals surface area contributed by atoms with E-state index < -0.39 is 0 Å². The van der Waals surface area contributed by atoms with Crippen LogP contribution >= 0.6 is 11.8 Å². The number of nitrogens with one attached hydrogen (secondary N) is 1. The Labute approximate surface area is 189 Å². The van der Waals surface area contributed by atoms with E-state index in [1.165, 1.54) is 23.4 Å². The first-order chi connectivity index (χ1) is 15.6. The number of benzene rings is 3. The highest BCUT2D eigenvalue weighted by molar-refractivity contribution is 7.99. The Morgan fingerprint density at radius 1 is 0.969 bits per heavy atom. The maximum absolute atomic E-state index is 13.7. The van der Waals surface area contributed by atoms with Crippen LogP contribution in [-0.2, 0) is 6.54 Å². The van der Waals surface area contributed by atoms with E-state index in [1.54, 1.807) is 54.9 Å². The molecule has 1 aromatic heterocycles. The Morgan fingerprint density at radius 2 is 1.69 bits per heavy atom. The first kappa shape index (κ1) is 21.5. The van der Waals surface area contributed by atoms with E-state index in [1.807, 2.05) is 31.2 Å². The molecule has 0 atom stereocenters. The molecule has 0 spiro atoms. The van der Waals surface area contributed by atoms with Gasteiger partial charge in [-0.05, 0) is 49.4 Å². The van der Waals surface area contributed by atoms with E-state index in [-0.39, 0.29) is 18.3 Å². The molecule has 4 aromatic rings. The van der Waals surface area contributed by atoms with Gasteiger partial charge in [0.25, 0.3) is 11.8 Å². The quantitative estimate of drug-likeness (QED) is 0.390. The van der Waals surface area contributed by atoms with Crippen molar-refractivity contribution in [1.82, 2.24) is 15.3 Å². The molecular formula is C25H20FN3O2S. The SMILES string of the molecule is Cc1ccc(Sc2nccnc2Oc2ccc(C(=O)NCc3ccccc3F)cc2)cc1. The second-order valence-electron chi connectivity index (χ2n) is 6.98. The van der Waals surface area contributed by atoms with Gasteiger partial charge in [-0.3, -0.25) is 4.79 Å². The zero-order valence-electron chi connectivity index (χ0n) is 17.3. The summed E-state index contributed by atoms with van der Waals surface area (Å²) in [5, 5.41) is 3.36. The van der Waals surface area contributed by atoms with E-state index in [0.717, 1.165) is 4.90 Å². The van der Waals surface area contributed by atoms with Crippen molar-refractivity contribution >= 4 is 17.7 Å². The number of carbonyl (C=O) groups excluding carboxylic acids is 1. The van der Waals surface area contributed by atoms with Gasteiger partial charge < -0.3 is 10.1 Å². The van der Waals surface area contributed by atoms with Crippen LogP contribution in [0, 0.1) is 12.7 Å². The minimum absolute atomic E-state index is 0.114. The third kappa shape index (κ3) is 5.50. The summed E-state index contributed by atoms with van der Waals surface area (Å²) in [7, 11) is 0. The maximum atomic E-state index is 13.7. The van der Waals surface area contributed by atoms with Gasteiger partial charge in [0.05, 0.1) is 0 Å². The predicted molar refractivity (Wildman–Crippen MR) is 121 cm³/mol. The third-order valence-corrected chi connectivity index (χ3v) is 5.58. The van der Waals surface area contributed by atoms with Crippen LogP contribution in [0.3, 0.4) is 0 Å². The second kappa shape index (κ2) is 10.1. The van der Waals surface area contributed by atoms with Crippen LogP contribution < -0.4 is 10.1 Å². The van der Waals surface area contributed by atoms with Crippen LogP contribution in [0.5, 0.6) is 11.6 Å². The zero-order valence-corrected chi connectivity index (χ0v) is 18.1. The van der Waals surface area contributed by atoms with E-state index >= 15 is 0 Å². The number of hydrogen-bond donors (Lipinski definition) is 1. The average Bonchev–Trinajstić information content (AvgIpc) is 2.81. The van der Waals surface area contributed by atoms with E-state index in [2.05, 4.69) is 15.3 Å². The van der Waals surface area contributed by atoms with Crippen molar-refractivity contribution in [2.24, 2.45) is 0 Å². The van der Waals surface area contributed by atoms with Crippen LogP contribution in [0.25, 0.3) is 0 Å². The van der Waals surface area contributed by atoms with Crippen LogP contribution in [0.2, 0.25) is 0 Å². The molecule has 1 N–H and O–H groups in total. The number of nitrogens with zero attached hydrogens (tertiary/aromatic N) is 2. The van der Waals surface area contributed by atoms with Crippen molar-refractivity contribution in [3.63, 3.8) is 0 Å². The van der Waals surface area contributed by atoms with Crippen LogP contribution in [0.15, 0.2) is 95.1 Å². The van der Waals surface area contributed by atoms with Gasteiger partial charge >= 0.3 is 0 Å². The Hall–Kier alpha value is -3.71. The Bertz CT molecular complexity index is 1210. The molecule has 0 saturated heterocycles. The topological polar surface area (TPSA) is 64.1 Å². The first-order valence-corrected chi connectivity index (χ1v) is 10.8. The fourth-order valence-electron chi connectivity index (χ4n) is 2.88. The summed E-state index contributed by atoms with van der Waals surface area (Å²) in [6.45, 7) is 2.15. The molecular weight excluding hydrogens is 425 g/mol. The summed E-state index contributed by atoms with van der Waals surface area (Å²) in [5.74, 6) is 0.270. The molecule has 1 heterocycles. The summed E-state index contributed by atoms with van der Waals surface area (Å²) in [5.41, 5.74) is 2.06. The lowest BCUT2D eigenvalue weighted by molar-refractivity contribution is 0.0950. The van der Waals surface area contributed by atoms with Gasteiger partial charge in [-0.25, -0.2) is 14.4 Å². The Kier molecular flexibility index (Phi) is 6.77. The second-order valence-corrected chi connectivity index (χ2v) is 8.04. The zero-order chi connectivity index (χ0) is 22.3. The summed E-state index contributed by atoms with van der Waals surface area (Å²) in [6, 6.07) is 21.1. The van der Waals surface area contributed by atoms with Crippen molar-refractivity contribution in [2.75, 3.05) is 0 Å². The summed E-state index contributed by atoms with van der Waals surface area (Å²) in [6.07, 6.45) is 3.19. The lowest BCUT2D eigenvalue weighted by atomic mass is 10.2. The predicted octanol–water partition coefficient (Wildman–Crippen LogP) is 5.80. The highest BCUT2D eigenvalue weighted by atomic mass is 32.2. The number of hydrogen-bond acceptors (Lipinski definition) is 5. The number of amides is 1. The van der Waals surface area contributed by atoms with Gasteiger partial charge in [-0.15, -0.1) is 0 Å². The summed E-state index contributed by atoms with van der Waals surface area (Å²) in [4.78, 5) is 22.1. The smallest absolute Gasteiger partial charge is 0.252 e. The highest BCUT2D eigenvalue weighted by Crippen LogP contribution is 2.33. The van der Waals surface area contributed by atoms with Crippen molar-refractivity contribution in [3.8, 4) is 11.6 Å². The number of aryl methyl sites for hydroxylation is 1. The van der Waals surface area contributed by atoms with Crippen molar-refractivity contribution in [1.29, 1.82) is 0 Å². The van der Waals surface area contributed by atoms with Crippen LogP contribution in [-0.4, -0.2) is 15.9 Å². The molecule has 0 aliphatic carbocycles. The normalized spacial score (nSPS) is 10.6. The minimum atomic E-state index is -0.347. The minimum Gasteiger partial charge on any atom is -0.437 e. The molecule has 0 radical (unpaired) electrons. The van der Waals surface area contributed by atoms with Crippen molar-refractivity contribution in [2.45, 2.75) is 23.4 Å². The third-order valence-electron chi connectivity index (χ3n) is 4.60. The fraction of sp³-hybridized carbons (Fsp3) is 0.0800. The molecule has 0 aliphatic rings. The number of aromatic nitrogens is 2. The van der Waals surface area contributed by atoms with E-state index in [9.17, 15) is 9.18 Å². The number of rotatable bonds is 7. The van der Waals surface area contributed by atoms with Crippen LogP contribution in [0.1, 0.15) is 21.5 Å². The molecule has 4 rings (SSSR count). The standard InChI is InChI=1S/C25H20FN3O2S/c1-17-6-12-21(13-7-17)32-25-24(27-14-15-28-25)31-20-10-8-18(9-11-20)23(30)29-16-19-4-2-3-5-22(19)26/h2-15H,16H2,1H3,(H,29,30). The van der Waals surface area contributed by atoms with Gasteiger partial charge in [0.1, 0.15) is 11.6 Å². The summed E-state index contributed by atoms with van der Waals surface area (Å²) >= 11 is 1.46. The summed E-state index contributed by atoms with van der Waals surface area (Å²) < 4.78 is 19.6. The van der Waals surface area contributed by atoms with Gasteiger partial charge in [0.2, 0.25) is 0 Å². The van der Waals surface area contributed by atoms with Gasteiger partial charge in [0, 0.05) is 35.0 Å². The molecule has 160 valence electrons. The van der Waals surface area contributed by atoms with Gasteiger partial charge in [-0.2, -0.15) is 0 Å². The van der Waals surface area contributed by atoms with Crippen molar-refractivity contribution in [3.05, 3.63) is 108 Å². The molecule has 1 amide bonds. The lowest BCUT2D eigenvalue weighted by Gasteiger charge is -2.10. The number of halogens is 1. The van der Waals surface area contributed by atoms with Crippen molar-refractivity contribution < 1.29 is 13.9 Å². The average molecular weight is 446 g/mol. The molecule has 32 heavy (non-hydrogen) atoms. The first-order valence-electron chi connectivity index (χ1n) is 9.93. The molecule has 0 aliphatic heterocycles. The Morgan fingerprint density at radius 3 is 2.44 bits per heavy atom. The lowest BCUT2D eigenvalue weighted by Crippen LogP contribution is -2.23. The monoisotopic (exact) mass is 445 g/mol. The van der Waals surface area contributed by atoms with E-state index in [0.29, 0.717) is 27.8 Å². The molecule has 0 bridgehead atoms. The highest BCUT2D eigenvalue weighted by Gasteiger charge is 2.11. The fourth-order valence-corrected chi connectivity index (χ4v) is 3.67. The maximum Gasteiger partial charge on any atom is 0.252 e. The largest absolute Gasteiger partial charge is 0.437 e. The molecule has 5 nitrogen and oxygen atoms in total. The molecule has 0 fully saturated rings. The van der Waals surface area contributed by atoms with Crippen LogP contribution in [0.4, 0.5) is 4.39 Å². The van der Waals surface area contributed by atoms with Gasteiger partial charge in [0.15, 0.2) is 5.03 Å².